The van der Waals surface area contributed by atoms with Crippen LogP contribution in [-0.2, 0) is 4.79 Å². The van der Waals surface area contributed by atoms with E-state index in [1.54, 1.807) is 0 Å². The lowest BCUT2D eigenvalue weighted by atomic mass is 9.88. The summed E-state index contributed by atoms with van der Waals surface area (Å²) in [5.41, 5.74) is -0.155. The molecule has 0 radical (unpaired) electrons. The van der Waals surface area contributed by atoms with Crippen molar-refractivity contribution in [3.05, 3.63) is 0 Å². The van der Waals surface area contributed by atoms with E-state index in [1.807, 2.05) is 20.8 Å². The van der Waals surface area contributed by atoms with Gasteiger partial charge >= 0.3 is 0 Å². The van der Waals surface area contributed by atoms with E-state index in [0.717, 1.165) is 19.3 Å². The van der Waals surface area contributed by atoms with E-state index in [-0.39, 0.29) is 5.41 Å². The Hall–Kier alpha value is -0.370. The fourth-order valence-corrected chi connectivity index (χ4v) is 2.72. The number of hydrogen-bond acceptors (Lipinski definition) is 2. The first kappa shape index (κ1) is 21.6. The number of carbonyl (C=O) groups is 1. The normalized spacial score (nSPS) is 11.8. The standard InChI is InChI=1S/C20H40O2/c1-20(2,3)19(22)17-15-13-11-9-7-5-4-6-8-10-12-14-16-18-21/h21H,4-18H2,1-3H3. The summed E-state index contributed by atoms with van der Waals surface area (Å²) in [7, 11) is 0. The van der Waals surface area contributed by atoms with Crippen molar-refractivity contribution in [3.63, 3.8) is 0 Å². The van der Waals surface area contributed by atoms with E-state index in [2.05, 4.69) is 0 Å². The molecule has 0 bridgehead atoms. The Morgan fingerprint density at radius 3 is 1.27 bits per heavy atom. The van der Waals surface area contributed by atoms with Crippen molar-refractivity contribution < 1.29 is 9.90 Å². The highest BCUT2D eigenvalue weighted by atomic mass is 16.2. The van der Waals surface area contributed by atoms with Gasteiger partial charge in [0, 0.05) is 18.4 Å². The summed E-state index contributed by atoms with van der Waals surface area (Å²) in [6.07, 6.45) is 17.3. The van der Waals surface area contributed by atoms with Gasteiger partial charge in [0.15, 0.2) is 0 Å². The third kappa shape index (κ3) is 14.6. The molecule has 0 aliphatic carbocycles. The molecule has 0 aromatic carbocycles. The smallest absolute Gasteiger partial charge is 0.138 e. The van der Waals surface area contributed by atoms with Crippen LogP contribution in [0.25, 0.3) is 0 Å². The summed E-state index contributed by atoms with van der Waals surface area (Å²) in [5.74, 6) is 0.409. The van der Waals surface area contributed by atoms with Crippen molar-refractivity contribution in [2.75, 3.05) is 6.61 Å². The van der Waals surface area contributed by atoms with Crippen molar-refractivity contribution in [1.29, 1.82) is 0 Å². The van der Waals surface area contributed by atoms with Crippen LogP contribution in [0.4, 0.5) is 0 Å². The molecule has 2 nitrogen and oxygen atoms in total. The maximum Gasteiger partial charge on any atom is 0.138 e. The lowest BCUT2D eigenvalue weighted by molar-refractivity contribution is -0.126. The van der Waals surface area contributed by atoms with Crippen LogP contribution in [-0.4, -0.2) is 17.5 Å². The predicted molar refractivity (Wildman–Crippen MR) is 96.2 cm³/mol. The van der Waals surface area contributed by atoms with Crippen molar-refractivity contribution in [2.24, 2.45) is 5.41 Å². The van der Waals surface area contributed by atoms with Crippen molar-refractivity contribution >= 4 is 5.78 Å². The molecule has 0 aliphatic heterocycles. The minimum absolute atomic E-state index is 0.155. The fraction of sp³-hybridized carbons (Fsp3) is 0.950. The maximum absolute atomic E-state index is 11.8. The summed E-state index contributed by atoms with van der Waals surface area (Å²) >= 11 is 0. The SMILES string of the molecule is CC(C)(C)C(=O)CCCCCCCCCCCCCCCO. The second-order valence-electron chi connectivity index (χ2n) is 7.74. The Morgan fingerprint density at radius 2 is 0.955 bits per heavy atom. The Bertz CT molecular complexity index is 253. The zero-order valence-electron chi connectivity index (χ0n) is 15.5. The fourth-order valence-electron chi connectivity index (χ4n) is 2.72. The molecule has 0 heterocycles. The molecule has 0 aromatic heterocycles. The molecule has 0 unspecified atom stereocenters. The van der Waals surface area contributed by atoms with Crippen LogP contribution < -0.4 is 0 Å². The number of aliphatic hydroxyl groups is 1. The number of hydrogen-bond donors (Lipinski definition) is 1. The second kappa shape index (κ2) is 14.2. The molecule has 22 heavy (non-hydrogen) atoms. The van der Waals surface area contributed by atoms with Crippen LogP contribution in [0.15, 0.2) is 0 Å². The Balaban J connectivity index is 3.13. The molecule has 0 aliphatic rings. The average molecular weight is 313 g/mol. The zero-order valence-corrected chi connectivity index (χ0v) is 15.5. The Morgan fingerprint density at radius 1 is 0.636 bits per heavy atom. The van der Waals surface area contributed by atoms with E-state index in [4.69, 9.17) is 5.11 Å². The number of ketones is 1. The van der Waals surface area contributed by atoms with E-state index < -0.39 is 0 Å². The number of aliphatic hydroxyl groups excluding tert-OH is 1. The van der Waals surface area contributed by atoms with E-state index in [9.17, 15) is 4.79 Å². The first-order chi connectivity index (χ1) is 10.5. The van der Waals surface area contributed by atoms with Gasteiger partial charge in [-0.25, -0.2) is 0 Å². The molecule has 0 amide bonds. The topological polar surface area (TPSA) is 37.3 Å². The van der Waals surface area contributed by atoms with Gasteiger partial charge in [0.2, 0.25) is 0 Å². The van der Waals surface area contributed by atoms with Crippen LogP contribution in [0.1, 0.15) is 111 Å². The molecule has 0 aromatic rings. The van der Waals surface area contributed by atoms with Gasteiger partial charge in [-0.2, -0.15) is 0 Å². The maximum atomic E-state index is 11.8. The van der Waals surface area contributed by atoms with Gasteiger partial charge in [0.05, 0.1) is 0 Å². The second-order valence-corrected chi connectivity index (χ2v) is 7.74. The largest absolute Gasteiger partial charge is 0.396 e. The van der Waals surface area contributed by atoms with Crippen LogP contribution in [0.5, 0.6) is 0 Å². The number of carbonyl (C=O) groups excluding carboxylic acids is 1. The highest BCUT2D eigenvalue weighted by Crippen LogP contribution is 2.19. The molecular weight excluding hydrogens is 272 g/mol. The van der Waals surface area contributed by atoms with Crippen molar-refractivity contribution in [3.8, 4) is 0 Å². The third-order valence-corrected chi connectivity index (χ3v) is 4.40. The summed E-state index contributed by atoms with van der Waals surface area (Å²) < 4.78 is 0. The van der Waals surface area contributed by atoms with Gasteiger partial charge < -0.3 is 5.11 Å². The summed E-state index contributed by atoms with van der Waals surface area (Å²) in [6, 6.07) is 0. The molecule has 0 fully saturated rings. The Labute approximate surface area is 139 Å². The molecular formula is C20H40O2. The zero-order chi connectivity index (χ0) is 16.7. The van der Waals surface area contributed by atoms with E-state index in [0.29, 0.717) is 12.4 Å². The lowest BCUT2D eigenvalue weighted by Crippen LogP contribution is -2.19. The van der Waals surface area contributed by atoms with E-state index in [1.165, 1.54) is 70.6 Å². The molecule has 2 heteroatoms. The predicted octanol–water partition coefficient (Wildman–Crippen LogP) is 6.06. The highest BCUT2D eigenvalue weighted by molar-refractivity contribution is 5.83. The number of rotatable bonds is 15. The van der Waals surface area contributed by atoms with Gasteiger partial charge in [-0.15, -0.1) is 0 Å². The average Bonchev–Trinajstić information content (AvgIpc) is 2.46. The van der Waals surface area contributed by atoms with Crippen molar-refractivity contribution in [2.45, 2.75) is 111 Å². The van der Waals surface area contributed by atoms with Crippen molar-refractivity contribution in [1.82, 2.24) is 0 Å². The molecule has 0 atom stereocenters. The first-order valence-electron chi connectivity index (χ1n) is 9.62. The van der Waals surface area contributed by atoms with Gasteiger partial charge in [-0.1, -0.05) is 91.4 Å². The minimum Gasteiger partial charge on any atom is -0.396 e. The molecule has 0 saturated heterocycles. The quantitative estimate of drug-likeness (QED) is 0.373. The number of unbranched alkanes of at least 4 members (excludes halogenated alkanes) is 12. The van der Waals surface area contributed by atoms with Crippen LogP contribution in [0.3, 0.4) is 0 Å². The Kier molecular flexibility index (Phi) is 14.0. The third-order valence-electron chi connectivity index (χ3n) is 4.40. The van der Waals surface area contributed by atoms with Crippen LogP contribution in [0, 0.1) is 5.41 Å². The summed E-state index contributed by atoms with van der Waals surface area (Å²) in [6.45, 7) is 6.40. The molecule has 0 saturated carbocycles. The van der Waals surface area contributed by atoms with Gasteiger partial charge in [0.25, 0.3) is 0 Å². The number of Topliss-reactive ketones (excluding diaryl/α,β-unsaturated/α-hetero) is 1. The molecule has 132 valence electrons. The van der Waals surface area contributed by atoms with Crippen LogP contribution in [0.2, 0.25) is 0 Å². The minimum atomic E-state index is -0.155. The lowest BCUT2D eigenvalue weighted by Gasteiger charge is -2.16. The first-order valence-corrected chi connectivity index (χ1v) is 9.62. The highest BCUT2D eigenvalue weighted by Gasteiger charge is 2.19. The monoisotopic (exact) mass is 312 g/mol. The van der Waals surface area contributed by atoms with Gasteiger partial charge in [0.1, 0.15) is 5.78 Å². The molecule has 1 N–H and O–H groups in total. The molecule has 0 rings (SSSR count). The van der Waals surface area contributed by atoms with Gasteiger partial charge in [-0.05, 0) is 12.8 Å². The van der Waals surface area contributed by atoms with Gasteiger partial charge in [-0.3, -0.25) is 4.79 Å². The van der Waals surface area contributed by atoms with E-state index >= 15 is 0 Å². The summed E-state index contributed by atoms with van der Waals surface area (Å²) in [5, 5.41) is 8.69. The summed E-state index contributed by atoms with van der Waals surface area (Å²) in [4.78, 5) is 11.8. The molecule has 0 spiro atoms. The van der Waals surface area contributed by atoms with Crippen LogP contribution >= 0.6 is 0 Å².